The molecule has 0 aromatic carbocycles. The Kier molecular flexibility index (Phi) is 4.43. The molecule has 0 bridgehead atoms. The molecular weight excluding hydrogens is 142 g/mol. The maximum absolute atomic E-state index is 3.55. The predicted octanol–water partition coefficient (Wildman–Crippen LogP) is -0.409. The van der Waals surface area contributed by atoms with Gasteiger partial charge in [-0.25, -0.2) is 0 Å². The van der Waals surface area contributed by atoms with Gasteiger partial charge in [0.1, 0.15) is 0 Å². The maximum Gasteiger partial charge on any atom is 0.0937 e. The second-order valence-electron chi connectivity index (χ2n) is 3.74. The van der Waals surface area contributed by atoms with Crippen molar-refractivity contribution in [3.63, 3.8) is 0 Å². The lowest BCUT2D eigenvalue weighted by Gasteiger charge is -2.16. The third-order valence-electron chi connectivity index (χ3n) is 1.08. The normalized spacial score (nSPS) is 13.7. The molecule has 0 aliphatic heterocycles. The van der Waals surface area contributed by atoms with Gasteiger partial charge in [0.15, 0.2) is 0 Å². The van der Waals surface area contributed by atoms with Crippen LogP contribution in [-0.2, 0) is 0 Å². The van der Waals surface area contributed by atoms with Gasteiger partial charge >= 0.3 is 0 Å². The van der Waals surface area contributed by atoms with Gasteiger partial charge in [0.05, 0.1) is 9.68 Å². The Hall–Kier alpha value is 0.394. The first-order valence-electron chi connectivity index (χ1n) is 3.77. The summed E-state index contributed by atoms with van der Waals surface area (Å²) in [6.07, 6.45) is 1.28. The Morgan fingerprint density at radius 1 is 1.56 bits per heavy atom. The third kappa shape index (κ3) is 8.39. The second-order valence-corrected chi connectivity index (χ2v) is 10.8. The fourth-order valence-corrected chi connectivity index (χ4v) is 2.67. The van der Waals surface area contributed by atoms with Crippen molar-refractivity contribution in [3.8, 4) is 0 Å². The molecule has 0 saturated heterocycles. The van der Waals surface area contributed by atoms with Crippen LogP contribution in [0.1, 0.15) is 27.2 Å². The summed E-state index contributed by atoms with van der Waals surface area (Å²) in [7, 11) is 1.39. The van der Waals surface area contributed by atoms with E-state index in [0.29, 0.717) is 0 Å². The minimum absolute atomic E-state index is 0.0504. The monoisotopic (exact) mass is 161 g/mol. The Bertz CT molecular complexity index is 67.9. The number of rotatable bonds is 4. The van der Waals surface area contributed by atoms with Crippen LogP contribution in [0.4, 0.5) is 0 Å². The fourth-order valence-electron chi connectivity index (χ4n) is 0.640. The van der Waals surface area contributed by atoms with Crippen molar-refractivity contribution in [3.05, 3.63) is 0 Å². The van der Waals surface area contributed by atoms with Crippen molar-refractivity contribution in [1.29, 1.82) is 0 Å². The lowest BCUT2D eigenvalue weighted by atomic mass is 10.5. The van der Waals surface area contributed by atoms with Crippen LogP contribution < -0.4 is 4.98 Å². The van der Waals surface area contributed by atoms with E-state index in [1.807, 2.05) is 0 Å². The summed E-state index contributed by atoms with van der Waals surface area (Å²) in [5.41, 5.74) is 0. The molecule has 0 amide bonds. The summed E-state index contributed by atoms with van der Waals surface area (Å²) < 4.78 is 0.717. The van der Waals surface area contributed by atoms with Crippen LogP contribution in [0.15, 0.2) is 0 Å². The molecule has 0 saturated carbocycles. The van der Waals surface area contributed by atoms with Crippen LogP contribution in [0.5, 0.6) is 0 Å². The maximum atomic E-state index is 3.55. The molecule has 0 fully saturated rings. The van der Waals surface area contributed by atoms with Gasteiger partial charge in [-0.15, -0.1) is 0 Å². The first kappa shape index (κ1) is 9.39. The minimum atomic E-state index is 0.0504. The topological polar surface area (TPSA) is 12.0 Å². The van der Waals surface area contributed by atoms with E-state index >= 15 is 0 Å². The quantitative estimate of drug-likeness (QED) is 0.437. The van der Waals surface area contributed by atoms with E-state index in [1.165, 1.54) is 23.2 Å². The van der Waals surface area contributed by atoms with E-state index in [9.17, 15) is 0 Å². The average molecular weight is 161 g/mol. The summed E-state index contributed by atoms with van der Waals surface area (Å²) >= 11 is 0. The molecule has 56 valence electrons. The summed E-state index contributed by atoms with van der Waals surface area (Å²) in [5.74, 6) is 0. The molecule has 9 heavy (non-hydrogen) atoms. The van der Waals surface area contributed by atoms with Crippen molar-refractivity contribution in [2.45, 2.75) is 31.9 Å². The smallest absolute Gasteiger partial charge is 0.0937 e. The molecule has 0 radical (unpaired) electrons. The van der Waals surface area contributed by atoms with Crippen molar-refractivity contribution >= 4 is 19.9 Å². The van der Waals surface area contributed by atoms with E-state index in [0.717, 1.165) is 4.66 Å². The Labute approximate surface area is 63.9 Å². The molecule has 0 aliphatic carbocycles. The first-order chi connectivity index (χ1) is 4.06. The summed E-state index contributed by atoms with van der Waals surface area (Å²) in [6.45, 7) is 8.20. The molecule has 0 aliphatic rings. The molecule has 1 nitrogen and oxygen atoms in total. The van der Waals surface area contributed by atoms with Gasteiger partial charge in [0.2, 0.25) is 0 Å². The van der Waals surface area contributed by atoms with Gasteiger partial charge in [-0.1, -0.05) is 20.8 Å². The molecular formula is C6H19NSi2. The van der Waals surface area contributed by atoms with Crippen LogP contribution in [-0.4, -0.2) is 26.5 Å². The Morgan fingerprint density at radius 3 is 2.44 bits per heavy atom. The number of hydrogen-bond donors (Lipinski definition) is 1. The SMILES string of the molecule is CCCN[SiH2]C(C)(C)[SiH3]. The first-order valence-corrected chi connectivity index (χ1v) is 6.18. The Balaban J connectivity index is 3.07. The molecule has 0 rings (SSSR count). The van der Waals surface area contributed by atoms with Crippen molar-refractivity contribution < 1.29 is 0 Å². The van der Waals surface area contributed by atoms with Crippen molar-refractivity contribution in [2.24, 2.45) is 0 Å². The number of nitrogens with one attached hydrogen (secondary N) is 1. The zero-order valence-corrected chi connectivity index (χ0v) is 10.5. The molecule has 1 N–H and O–H groups in total. The largest absolute Gasteiger partial charge is 0.342 e. The van der Waals surface area contributed by atoms with E-state index in [4.69, 9.17) is 0 Å². The summed E-state index contributed by atoms with van der Waals surface area (Å²) in [5, 5.41) is 0. The van der Waals surface area contributed by atoms with Gasteiger partial charge in [0.25, 0.3) is 0 Å². The summed E-state index contributed by atoms with van der Waals surface area (Å²) in [6, 6.07) is 0. The van der Waals surface area contributed by atoms with Crippen molar-refractivity contribution in [2.75, 3.05) is 6.54 Å². The van der Waals surface area contributed by atoms with Crippen LogP contribution >= 0.6 is 0 Å². The van der Waals surface area contributed by atoms with Crippen LogP contribution in [0.2, 0.25) is 4.66 Å². The highest BCUT2D eigenvalue weighted by atomic mass is 28.3. The van der Waals surface area contributed by atoms with E-state index in [1.54, 1.807) is 0 Å². The van der Waals surface area contributed by atoms with Gasteiger partial charge in [-0.05, 0) is 17.6 Å². The van der Waals surface area contributed by atoms with Gasteiger partial charge in [-0.2, -0.15) is 0 Å². The molecule has 0 aromatic heterocycles. The van der Waals surface area contributed by atoms with Crippen LogP contribution in [0, 0.1) is 0 Å². The van der Waals surface area contributed by atoms with E-state index < -0.39 is 0 Å². The van der Waals surface area contributed by atoms with Crippen LogP contribution in [0.3, 0.4) is 0 Å². The highest BCUT2D eigenvalue weighted by Gasteiger charge is 2.08. The molecule has 0 spiro atoms. The molecule has 0 unspecified atom stereocenters. The summed E-state index contributed by atoms with van der Waals surface area (Å²) in [4.78, 5) is 3.55. The molecule has 0 atom stereocenters. The second kappa shape index (κ2) is 4.25. The van der Waals surface area contributed by atoms with Gasteiger partial charge in [0, 0.05) is 10.2 Å². The standard InChI is InChI=1S/C6H19NSi2/c1-4-5-7-9-6(2,3)8/h7H,4-5,9H2,1-3,8H3. The molecule has 0 heterocycles. The average Bonchev–Trinajstić information content (AvgIpc) is 1.63. The minimum Gasteiger partial charge on any atom is -0.342 e. The number of hydrogen-bond acceptors (Lipinski definition) is 1. The molecule has 3 heteroatoms. The highest BCUT2D eigenvalue weighted by Crippen LogP contribution is 2.12. The lowest BCUT2D eigenvalue weighted by molar-refractivity contribution is 0.825. The van der Waals surface area contributed by atoms with Crippen molar-refractivity contribution in [1.82, 2.24) is 4.98 Å². The van der Waals surface area contributed by atoms with E-state index in [-0.39, 0.29) is 9.68 Å². The van der Waals surface area contributed by atoms with Gasteiger partial charge in [-0.3, -0.25) is 0 Å². The van der Waals surface area contributed by atoms with Gasteiger partial charge < -0.3 is 4.98 Å². The highest BCUT2D eigenvalue weighted by molar-refractivity contribution is 6.51. The fraction of sp³-hybridized carbons (Fsp3) is 1.00. The lowest BCUT2D eigenvalue weighted by Crippen LogP contribution is -2.29. The Morgan fingerprint density at radius 2 is 2.11 bits per heavy atom. The van der Waals surface area contributed by atoms with Crippen LogP contribution in [0.25, 0.3) is 0 Å². The third-order valence-corrected chi connectivity index (χ3v) is 3.81. The van der Waals surface area contributed by atoms with E-state index in [2.05, 4.69) is 25.8 Å². The zero-order chi connectivity index (χ0) is 7.33. The predicted molar refractivity (Wildman–Crippen MR) is 50.8 cm³/mol. The molecule has 0 aromatic rings. The zero-order valence-electron chi connectivity index (χ0n) is 7.12.